The number of halogens is 1. The molecular formula is C17H20BrNO2S. The van der Waals surface area contributed by atoms with Crippen LogP contribution in [0.4, 0.5) is 0 Å². The molecule has 0 aliphatic carbocycles. The highest BCUT2D eigenvalue weighted by Crippen LogP contribution is 2.25. The number of benzene rings is 1. The molecule has 118 valence electrons. The summed E-state index contributed by atoms with van der Waals surface area (Å²) in [5.74, 6) is 1.12. The first kappa shape index (κ1) is 17.3. The predicted molar refractivity (Wildman–Crippen MR) is 96.4 cm³/mol. The van der Waals surface area contributed by atoms with Gasteiger partial charge in [-0.2, -0.15) is 11.8 Å². The molecule has 2 aromatic rings. The van der Waals surface area contributed by atoms with E-state index in [2.05, 4.69) is 33.5 Å². The summed E-state index contributed by atoms with van der Waals surface area (Å²) in [6, 6.07) is 8.14. The molecule has 0 amide bonds. The number of hydrogen-bond acceptors (Lipinski definition) is 3. The zero-order chi connectivity index (χ0) is 16.3. The Morgan fingerprint density at radius 3 is 2.64 bits per heavy atom. The fourth-order valence-electron chi connectivity index (χ4n) is 2.52. The van der Waals surface area contributed by atoms with E-state index in [1.165, 1.54) is 11.8 Å². The number of rotatable bonds is 6. The summed E-state index contributed by atoms with van der Waals surface area (Å²) in [4.78, 5) is 12.3. The third-order valence-electron chi connectivity index (χ3n) is 3.60. The van der Waals surface area contributed by atoms with Gasteiger partial charge in [0.25, 0.3) is 0 Å². The van der Waals surface area contributed by atoms with E-state index >= 15 is 0 Å². The lowest BCUT2D eigenvalue weighted by Crippen LogP contribution is -2.06. The molecule has 0 aliphatic rings. The zero-order valence-electron chi connectivity index (χ0n) is 13.0. The molecule has 0 radical (unpaired) electrons. The quantitative estimate of drug-likeness (QED) is 0.605. The van der Waals surface area contributed by atoms with Gasteiger partial charge >= 0.3 is 0 Å². The van der Waals surface area contributed by atoms with E-state index in [1.54, 1.807) is 0 Å². The van der Waals surface area contributed by atoms with Crippen molar-refractivity contribution in [3.63, 3.8) is 0 Å². The molecule has 1 aromatic carbocycles. The van der Waals surface area contributed by atoms with E-state index in [1.807, 2.05) is 32.0 Å². The van der Waals surface area contributed by atoms with Crippen molar-refractivity contribution in [2.75, 3.05) is 18.1 Å². The van der Waals surface area contributed by atoms with Crippen molar-refractivity contribution in [2.45, 2.75) is 20.8 Å². The van der Waals surface area contributed by atoms with Gasteiger partial charge in [-0.05, 0) is 50.6 Å². The van der Waals surface area contributed by atoms with E-state index in [0.717, 1.165) is 32.7 Å². The lowest BCUT2D eigenvalue weighted by molar-refractivity contribution is 0.102. The number of thioether (sulfide) groups is 1. The maximum atomic E-state index is 12.3. The minimum Gasteiger partial charge on any atom is -0.396 e. The molecule has 22 heavy (non-hydrogen) atoms. The molecule has 0 bridgehead atoms. The van der Waals surface area contributed by atoms with Crippen LogP contribution in [0.5, 0.6) is 0 Å². The van der Waals surface area contributed by atoms with Crippen molar-refractivity contribution >= 4 is 33.5 Å². The first-order valence-corrected chi connectivity index (χ1v) is 9.07. The maximum absolute atomic E-state index is 12.3. The van der Waals surface area contributed by atoms with Gasteiger partial charge in [-0.1, -0.05) is 15.9 Å². The number of ketones is 1. The molecule has 0 saturated carbocycles. The van der Waals surface area contributed by atoms with Gasteiger partial charge in [-0.25, -0.2) is 0 Å². The molecule has 0 unspecified atom stereocenters. The summed E-state index contributed by atoms with van der Waals surface area (Å²) >= 11 is 4.98. The lowest BCUT2D eigenvalue weighted by Gasteiger charge is -2.11. The number of Topliss-reactive ketones (excluding diaryl/α,β-unsaturated/α-hetero) is 1. The Bertz CT molecular complexity index is 694. The first-order valence-electron chi connectivity index (χ1n) is 7.13. The van der Waals surface area contributed by atoms with Crippen LogP contribution in [0, 0.1) is 20.8 Å². The second-order valence-electron chi connectivity index (χ2n) is 5.25. The molecule has 0 atom stereocenters. The normalized spacial score (nSPS) is 11.0. The van der Waals surface area contributed by atoms with Crippen LogP contribution >= 0.6 is 27.7 Å². The van der Waals surface area contributed by atoms with Crippen LogP contribution < -0.4 is 0 Å². The Balaban J connectivity index is 2.34. The zero-order valence-corrected chi connectivity index (χ0v) is 15.4. The highest BCUT2D eigenvalue weighted by atomic mass is 79.9. The third kappa shape index (κ3) is 3.65. The predicted octanol–water partition coefficient (Wildman–Crippen LogP) is 4.07. The Morgan fingerprint density at radius 1 is 1.27 bits per heavy atom. The molecule has 3 nitrogen and oxygen atoms in total. The SMILES string of the molecule is Cc1cc(-n2c(C)cc(C(=O)CSCCO)c2C)ccc1Br. The Hall–Kier alpha value is -1.04. The monoisotopic (exact) mass is 381 g/mol. The number of aliphatic hydroxyl groups is 1. The summed E-state index contributed by atoms with van der Waals surface area (Å²) in [6.07, 6.45) is 0. The smallest absolute Gasteiger partial charge is 0.174 e. The van der Waals surface area contributed by atoms with E-state index < -0.39 is 0 Å². The fraction of sp³-hybridized carbons (Fsp3) is 0.353. The standard InChI is InChI=1S/C17H20BrNO2S/c1-11-8-14(4-5-16(11)18)19-12(2)9-15(13(19)3)17(21)10-22-7-6-20/h4-5,8-9,20H,6-7,10H2,1-3H3. The van der Waals surface area contributed by atoms with E-state index in [-0.39, 0.29) is 12.4 Å². The second-order valence-corrected chi connectivity index (χ2v) is 7.21. The van der Waals surface area contributed by atoms with Crippen LogP contribution in [0.25, 0.3) is 5.69 Å². The van der Waals surface area contributed by atoms with Gasteiger partial charge in [-0.15, -0.1) is 0 Å². The number of carbonyl (C=O) groups is 1. The first-order chi connectivity index (χ1) is 10.5. The third-order valence-corrected chi connectivity index (χ3v) is 5.43. The summed E-state index contributed by atoms with van der Waals surface area (Å²) in [5, 5.41) is 8.81. The van der Waals surface area contributed by atoms with Crippen LogP contribution in [0.15, 0.2) is 28.7 Å². The highest BCUT2D eigenvalue weighted by molar-refractivity contribution is 9.10. The number of aryl methyl sites for hydroxylation is 2. The molecule has 0 fully saturated rings. The fourth-order valence-corrected chi connectivity index (χ4v) is 3.38. The van der Waals surface area contributed by atoms with Crippen molar-refractivity contribution in [3.05, 3.63) is 51.3 Å². The van der Waals surface area contributed by atoms with Gasteiger partial charge in [0.05, 0.1) is 12.4 Å². The van der Waals surface area contributed by atoms with Crippen LogP contribution in [-0.4, -0.2) is 33.6 Å². The van der Waals surface area contributed by atoms with Crippen molar-refractivity contribution in [3.8, 4) is 5.69 Å². The van der Waals surface area contributed by atoms with Crippen molar-refractivity contribution < 1.29 is 9.90 Å². The van der Waals surface area contributed by atoms with Gasteiger partial charge in [0, 0.05) is 32.9 Å². The van der Waals surface area contributed by atoms with Crippen molar-refractivity contribution in [1.29, 1.82) is 0 Å². The van der Waals surface area contributed by atoms with Gasteiger partial charge in [0.2, 0.25) is 0 Å². The van der Waals surface area contributed by atoms with E-state index in [4.69, 9.17) is 5.11 Å². The topological polar surface area (TPSA) is 42.2 Å². The van der Waals surface area contributed by atoms with Crippen LogP contribution in [0.2, 0.25) is 0 Å². The molecule has 0 spiro atoms. The van der Waals surface area contributed by atoms with Gasteiger partial charge in [0.1, 0.15) is 0 Å². The van der Waals surface area contributed by atoms with Crippen molar-refractivity contribution in [1.82, 2.24) is 4.57 Å². The minimum absolute atomic E-state index is 0.106. The number of carbonyl (C=O) groups excluding carboxylic acids is 1. The molecule has 2 rings (SSSR count). The number of hydrogen-bond donors (Lipinski definition) is 1. The maximum Gasteiger partial charge on any atom is 0.174 e. The van der Waals surface area contributed by atoms with E-state index in [9.17, 15) is 4.79 Å². The number of nitrogens with zero attached hydrogens (tertiary/aromatic N) is 1. The van der Waals surface area contributed by atoms with Crippen LogP contribution in [0.3, 0.4) is 0 Å². The number of aromatic nitrogens is 1. The Morgan fingerprint density at radius 2 is 2.00 bits per heavy atom. The minimum atomic E-state index is 0.106. The average Bonchev–Trinajstić information content (AvgIpc) is 2.77. The Labute approximate surface area is 143 Å². The number of aliphatic hydroxyl groups excluding tert-OH is 1. The van der Waals surface area contributed by atoms with E-state index in [0.29, 0.717) is 11.5 Å². The van der Waals surface area contributed by atoms with Crippen LogP contribution in [-0.2, 0) is 0 Å². The average molecular weight is 382 g/mol. The molecule has 5 heteroatoms. The molecule has 1 N–H and O–H groups in total. The molecule has 0 saturated heterocycles. The summed E-state index contributed by atoms with van der Waals surface area (Å²) < 4.78 is 3.19. The molecule has 0 aliphatic heterocycles. The second kappa shape index (κ2) is 7.49. The highest BCUT2D eigenvalue weighted by Gasteiger charge is 2.16. The molecular weight excluding hydrogens is 362 g/mol. The summed E-state index contributed by atoms with van der Waals surface area (Å²) in [7, 11) is 0. The largest absolute Gasteiger partial charge is 0.396 e. The molecule has 1 aromatic heterocycles. The van der Waals surface area contributed by atoms with Gasteiger partial charge in [0.15, 0.2) is 5.78 Å². The summed E-state index contributed by atoms with van der Waals surface area (Å²) in [5.41, 5.74) is 5.02. The van der Waals surface area contributed by atoms with Crippen LogP contribution in [0.1, 0.15) is 27.3 Å². The lowest BCUT2D eigenvalue weighted by atomic mass is 10.2. The summed E-state index contributed by atoms with van der Waals surface area (Å²) in [6.45, 7) is 6.16. The molecule has 1 heterocycles. The Kier molecular flexibility index (Phi) is 5.89. The van der Waals surface area contributed by atoms with Crippen molar-refractivity contribution in [2.24, 2.45) is 0 Å². The van der Waals surface area contributed by atoms with Gasteiger partial charge < -0.3 is 9.67 Å². The van der Waals surface area contributed by atoms with Gasteiger partial charge in [-0.3, -0.25) is 4.79 Å².